The van der Waals surface area contributed by atoms with Crippen LogP contribution in [0.5, 0.6) is 0 Å². The zero-order valence-corrected chi connectivity index (χ0v) is 4.76. The molecule has 0 heterocycles. The Hall–Kier alpha value is 0.320. The largest absolute Gasteiger partial charge is 0.121 e. The van der Waals surface area contributed by atoms with Crippen LogP contribution in [-0.2, 0) is 0 Å². The van der Waals surface area contributed by atoms with E-state index in [2.05, 4.69) is 6.92 Å². The highest BCUT2D eigenvalue weighted by molar-refractivity contribution is 6.35. The Kier molecular flexibility index (Phi) is 3.70. The van der Waals surface area contributed by atoms with Crippen LogP contribution in [0.2, 0.25) is 0 Å². The summed E-state index contributed by atoms with van der Waals surface area (Å²) in [6.07, 6.45) is 1.52. The summed E-state index contributed by atoms with van der Waals surface area (Å²) in [5.74, 6) is 0.366. The summed E-state index contributed by atoms with van der Waals surface area (Å²) in [6.45, 7) is 3.38. The van der Waals surface area contributed by atoms with Crippen LogP contribution in [-0.4, -0.2) is 5.88 Å². The van der Waals surface area contributed by atoms with Crippen LogP contribution in [0.25, 0.3) is 0 Å². The van der Waals surface area contributed by atoms with Crippen LogP contribution in [0, 0.1) is 6.92 Å². The van der Waals surface area contributed by atoms with E-state index in [0.29, 0.717) is 10.9 Å². The molecule has 0 aromatic rings. The van der Waals surface area contributed by atoms with Gasteiger partial charge in [0.15, 0.2) is 0 Å². The van der Waals surface area contributed by atoms with E-state index in [4.69, 9.17) is 23.2 Å². The Bertz CT molecular complexity index is 56.6. The summed E-state index contributed by atoms with van der Waals surface area (Å²) in [7, 11) is 0. The molecular formula is C4H5Cl2. The minimum atomic E-state index is 0.366. The van der Waals surface area contributed by atoms with E-state index in [-0.39, 0.29) is 0 Å². The van der Waals surface area contributed by atoms with Crippen molar-refractivity contribution >= 4 is 23.2 Å². The molecular weight excluding hydrogens is 119 g/mol. The molecule has 1 radical (unpaired) electrons. The molecule has 0 saturated heterocycles. The zero-order chi connectivity index (χ0) is 4.99. The monoisotopic (exact) mass is 123 g/mol. The second-order valence-corrected chi connectivity index (χ2v) is 1.54. The zero-order valence-electron chi connectivity index (χ0n) is 3.25. The van der Waals surface area contributed by atoms with Gasteiger partial charge in [0.2, 0.25) is 0 Å². The van der Waals surface area contributed by atoms with Gasteiger partial charge in [-0.25, -0.2) is 0 Å². The molecule has 0 aliphatic rings. The second-order valence-electron chi connectivity index (χ2n) is 0.785. The number of halogens is 2. The maximum atomic E-state index is 5.32. The van der Waals surface area contributed by atoms with Crippen LogP contribution in [0.3, 0.4) is 0 Å². The Labute approximate surface area is 47.8 Å². The van der Waals surface area contributed by atoms with Crippen molar-refractivity contribution in [3.05, 3.63) is 18.0 Å². The van der Waals surface area contributed by atoms with Gasteiger partial charge < -0.3 is 0 Å². The average Bonchev–Trinajstić information content (AvgIpc) is 1.65. The van der Waals surface area contributed by atoms with Gasteiger partial charge >= 0.3 is 0 Å². The normalized spacial score (nSPS) is 12.2. The van der Waals surface area contributed by atoms with Crippen LogP contribution in [0.1, 0.15) is 0 Å². The average molecular weight is 124 g/mol. The molecule has 0 amide bonds. The lowest BCUT2D eigenvalue weighted by molar-refractivity contribution is 1.67. The van der Waals surface area contributed by atoms with E-state index in [1.54, 1.807) is 0 Å². The highest BCUT2D eigenvalue weighted by Crippen LogP contribution is 2.00. The minimum absolute atomic E-state index is 0.366. The molecule has 0 N–H and O–H groups in total. The summed E-state index contributed by atoms with van der Waals surface area (Å²) in [6, 6.07) is 0. The number of hydrogen-bond acceptors (Lipinski definition) is 0. The molecule has 0 nitrogen and oxygen atoms in total. The highest BCUT2D eigenvalue weighted by Gasteiger charge is 1.78. The SMILES string of the molecule is [CH2]C=C(Cl)CCl. The van der Waals surface area contributed by atoms with E-state index in [9.17, 15) is 0 Å². The van der Waals surface area contributed by atoms with Gasteiger partial charge in [-0.3, -0.25) is 0 Å². The molecule has 0 aromatic heterocycles. The smallest absolute Gasteiger partial charge is 0.0578 e. The van der Waals surface area contributed by atoms with E-state index in [1.165, 1.54) is 6.08 Å². The third kappa shape index (κ3) is 2.55. The van der Waals surface area contributed by atoms with Crippen molar-refractivity contribution in [3.8, 4) is 0 Å². The topological polar surface area (TPSA) is 0 Å². The van der Waals surface area contributed by atoms with Crippen molar-refractivity contribution in [1.29, 1.82) is 0 Å². The summed E-state index contributed by atoms with van der Waals surface area (Å²) < 4.78 is 0. The van der Waals surface area contributed by atoms with Crippen LogP contribution < -0.4 is 0 Å². The molecule has 0 bridgehead atoms. The molecule has 0 atom stereocenters. The lowest BCUT2D eigenvalue weighted by Gasteiger charge is -1.79. The first-order chi connectivity index (χ1) is 2.81. The number of allylic oxidation sites excluding steroid dienone is 2. The molecule has 0 fully saturated rings. The Morgan fingerprint density at radius 3 is 2.33 bits per heavy atom. The molecule has 6 heavy (non-hydrogen) atoms. The predicted octanol–water partition coefficient (Wildman–Crippen LogP) is 2.18. The summed E-state index contributed by atoms with van der Waals surface area (Å²) in [4.78, 5) is 0. The standard InChI is InChI=1S/C4H5Cl2/c1-2-4(6)3-5/h2H,1,3H2. The molecule has 0 unspecified atom stereocenters. The Morgan fingerprint density at radius 1 is 1.83 bits per heavy atom. The quantitative estimate of drug-likeness (QED) is 0.470. The molecule has 35 valence electrons. The van der Waals surface area contributed by atoms with Gasteiger partial charge in [0.05, 0.1) is 5.88 Å². The third-order valence-electron chi connectivity index (χ3n) is 0.349. The summed E-state index contributed by atoms with van der Waals surface area (Å²) in [5, 5.41) is 0.594. The third-order valence-corrected chi connectivity index (χ3v) is 1.06. The first-order valence-corrected chi connectivity index (χ1v) is 2.42. The first kappa shape index (κ1) is 6.32. The number of alkyl halides is 1. The van der Waals surface area contributed by atoms with Crippen molar-refractivity contribution in [1.82, 2.24) is 0 Å². The molecule has 0 aliphatic carbocycles. The lowest BCUT2D eigenvalue weighted by Crippen LogP contribution is -1.65. The van der Waals surface area contributed by atoms with Crippen molar-refractivity contribution < 1.29 is 0 Å². The van der Waals surface area contributed by atoms with Crippen LogP contribution in [0.4, 0.5) is 0 Å². The van der Waals surface area contributed by atoms with E-state index in [1.807, 2.05) is 0 Å². The van der Waals surface area contributed by atoms with Gasteiger partial charge in [-0.1, -0.05) is 17.7 Å². The summed E-state index contributed by atoms with van der Waals surface area (Å²) >= 11 is 10.5. The fourth-order valence-corrected chi connectivity index (χ4v) is 0.164. The molecule has 0 saturated carbocycles. The van der Waals surface area contributed by atoms with Gasteiger partial charge in [-0.15, -0.1) is 11.6 Å². The predicted molar refractivity (Wildman–Crippen MR) is 30.0 cm³/mol. The number of rotatable bonds is 1. The fourth-order valence-electron chi connectivity index (χ4n) is 0.0546. The lowest BCUT2D eigenvalue weighted by atomic mass is 10.6. The van der Waals surface area contributed by atoms with Gasteiger partial charge in [0.25, 0.3) is 0 Å². The van der Waals surface area contributed by atoms with E-state index >= 15 is 0 Å². The van der Waals surface area contributed by atoms with Crippen LogP contribution in [0.15, 0.2) is 11.1 Å². The van der Waals surface area contributed by atoms with Gasteiger partial charge in [0.1, 0.15) is 0 Å². The van der Waals surface area contributed by atoms with E-state index in [0.717, 1.165) is 0 Å². The van der Waals surface area contributed by atoms with Crippen molar-refractivity contribution in [2.24, 2.45) is 0 Å². The Morgan fingerprint density at radius 2 is 2.33 bits per heavy atom. The molecule has 0 aromatic carbocycles. The molecule has 0 spiro atoms. The van der Waals surface area contributed by atoms with Crippen molar-refractivity contribution in [2.75, 3.05) is 5.88 Å². The first-order valence-electron chi connectivity index (χ1n) is 1.51. The van der Waals surface area contributed by atoms with Gasteiger partial charge in [0, 0.05) is 5.03 Å². The van der Waals surface area contributed by atoms with E-state index < -0.39 is 0 Å². The highest BCUT2D eigenvalue weighted by atomic mass is 35.5. The van der Waals surface area contributed by atoms with Crippen molar-refractivity contribution in [2.45, 2.75) is 0 Å². The molecule has 2 heteroatoms. The van der Waals surface area contributed by atoms with Gasteiger partial charge in [-0.05, 0) is 6.92 Å². The van der Waals surface area contributed by atoms with Crippen LogP contribution >= 0.6 is 23.2 Å². The maximum Gasteiger partial charge on any atom is 0.0578 e. The van der Waals surface area contributed by atoms with Crippen molar-refractivity contribution in [3.63, 3.8) is 0 Å². The minimum Gasteiger partial charge on any atom is -0.121 e. The summed E-state index contributed by atoms with van der Waals surface area (Å²) in [5.41, 5.74) is 0. The maximum absolute atomic E-state index is 5.32. The molecule has 0 aliphatic heterocycles. The Balaban J connectivity index is 3.22. The van der Waals surface area contributed by atoms with Gasteiger partial charge in [-0.2, -0.15) is 0 Å². The fraction of sp³-hybridized carbons (Fsp3) is 0.250. The number of hydrogen-bond donors (Lipinski definition) is 0. The molecule has 0 rings (SSSR count). The second kappa shape index (κ2) is 3.51.